The van der Waals surface area contributed by atoms with Crippen LogP contribution in [0.2, 0.25) is 0 Å². The van der Waals surface area contributed by atoms with Gasteiger partial charge >= 0.3 is 0 Å². The quantitative estimate of drug-likeness (QED) is 0.221. The number of para-hydroxylation sites is 1. The van der Waals surface area contributed by atoms with Gasteiger partial charge in [0.2, 0.25) is 5.95 Å². The average molecular weight is 534 g/mol. The monoisotopic (exact) mass is 533 g/mol. The molecule has 39 heavy (non-hydrogen) atoms. The van der Waals surface area contributed by atoms with Crippen molar-refractivity contribution in [2.24, 2.45) is 0 Å². The summed E-state index contributed by atoms with van der Waals surface area (Å²) in [5.41, 5.74) is 4.33. The van der Waals surface area contributed by atoms with Crippen molar-refractivity contribution in [3.05, 3.63) is 115 Å². The van der Waals surface area contributed by atoms with Crippen LogP contribution < -0.4 is 0 Å². The molecule has 5 aromatic carbocycles. The molecule has 3 nitrogen and oxygen atoms in total. The van der Waals surface area contributed by atoms with Crippen LogP contribution in [0.5, 0.6) is 0 Å². The van der Waals surface area contributed by atoms with Gasteiger partial charge in [0.15, 0.2) is 0 Å². The number of hydrogen-bond acceptors (Lipinski definition) is 4. The van der Waals surface area contributed by atoms with Crippen LogP contribution >= 0.6 is 22.7 Å². The van der Waals surface area contributed by atoms with E-state index >= 15 is 0 Å². The Labute approximate surface area is 231 Å². The van der Waals surface area contributed by atoms with Gasteiger partial charge in [0.25, 0.3) is 0 Å². The van der Waals surface area contributed by atoms with Crippen molar-refractivity contribution in [1.29, 1.82) is 0 Å². The van der Waals surface area contributed by atoms with Crippen LogP contribution in [0.4, 0.5) is 0 Å². The largest absolute Gasteiger partial charge is 0.278 e. The van der Waals surface area contributed by atoms with Gasteiger partial charge in [-0.15, -0.1) is 22.7 Å². The lowest BCUT2D eigenvalue weighted by Crippen LogP contribution is -2.02. The van der Waals surface area contributed by atoms with E-state index in [4.69, 9.17) is 9.97 Å². The molecule has 4 aromatic heterocycles. The van der Waals surface area contributed by atoms with E-state index in [0.717, 1.165) is 32.5 Å². The first-order chi connectivity index (χ1) is 19.3. The first-order valence-corrected chi connectivity index (χ1v) is 14.6. The van der Waals surface area contributed by atoms with Crippen molar-refractivity contribution < 1.29 is 0 Å². The lowest BCUT2D eigenvalue weighted by atomic mass is 10.1. The van der Waals surface area contributed by atoms with Gasteiger partial charge in [-0.1, -0.05) is 91.0 Å². The predicted octanol–water partition coefficient (Wildman–Crippen LogP) is 9.98. The molecular formula is C34H19N3S2. The van der Waals surface area contributed by atoms with Gasteiger partial charge in [0.05, 0.1) is 16.7 Å². The van der Waals surface area contributed by atoms with E-state index in [-0.39, 0.29) is 0 Å². The maximum Gasteiger partial charge on any atom is 0.236 e. The Balaban J connectivity index is 1.45. The van der Waals surface area contributed by atoms with Crippen LogP contribution in [-0.4, -0.2) is 14.5 Å². The van der Waals surface area contributed by atoms with Gasteiger partial charge in [-0.05, 0) is 24.3 Å². The Bertz CT molecular complexity index is 2390. The van der Waals surface area contributed by atoms with Crippen LogP contribution in [-0.2, 0) is 0 Å². The lowest BCUT2D eigenvalue weighted by Gasteiger charge is -2.10. The molecule has 0 fully saturated rings. The zero-order valence-electron chi connectivity index (χ0n) is 20.6. The number of benzene rings is 5. The van der Waals surface area contributed by atoms with Gasteiger partial charge in [-0.25, -0.2) is 9.97 Å². The fraction of sp³-hybridized carbons (Fsp3) is 0. The van der Waals surface area contributed by atoms with Crippen molar-refractivity contribution in [2.45, 2.75) is 0 Å². The molecule has 5 heteroatoms. The van der Waals surface area contributed by atoms with Crippen molar-refractivity contribution in [2.75, 3.05) is 0 Å². The molecule has 0 aliphatic heterocycles. The summed E-state index contributed by atoms with van der Waals surface area (Å²) in [5.74, 6) is 0.708. The Hall–Kier alpha value is -4.58. The molecule has 0 aliphatic rings. The molecule has 9 aromatic rings. The highest BCUT2D eigenvalue weighted by molar-refractivity contribution is 7.27. The molecule has 0 atom stereocenters. The number of fused-ring (bicyclic) bond motifs is 10. The SMILES string of the molecule is c1ccc(-c2nc(-n3c4ccccc4c4c5sc6ccccc6c5ccc43)nc3sc4ccccc4c23)cc1. The van der Waals surface area contributed by atoms with Crippen molar-refractivity contribution in [1.82, 2.24) is 14.5 Å². The Morgan fingerprint density at radius 3 is 2.03 bits per heavy atom. The molecule has 0 saturated heterocycles. The third kappa shape index (κ3) is 2.97. The standard InChI is InChI=1S/C34H19N3S2/c1-2-10-20(11-3-1)31-30-24-14-6-9-17-28(24)39-33(30)36-34(35-31)37-25-15-7-4-13-23(25)29-26(37)19-18-22-21-12-5-8-16-27(21)38-32(22)29/h1-19H. The summed E-state index contributed by atoms with van der Waals surface area (Å²) in [6.45, 7) is 0. The summed E-state index contributed by atoms with van der Waals surface area (Å²) < 4.78 is 6.11. The van der Waals surface area contributed by atoms with Gasteiger partial charge in [0, 0.05) is 52.0 Å². The number of rotatable bonds is 2. The Kier molecular flexibility index (Phi) is 4.36. The molecule has 4 heterocycles. The third-order valence-electron chi connectivity index (χ3n) is 7.65. The smallest absolute Gasteiger partial charge is 0.236 e. The summed E-state index contributed by atoms with van der Waals surface area (Å²) in [6, 6.07) is 40.9. The van der Waals surface area contributed by atoms with Crippen LogP contribution in [0.25, 0.3) is 79.5 Å². The predicted molar refractivity (Wildman–Crippen MR) is 168 cm³/mol. The minimum atomic E-state index is 0.708. The maximum absolute atomic E-state index is 5.32. The highest BCUT2D eigenvalue weighted by Crippen LogP contribution is 2.44. The van der Waals surface area contributed by atoms with E-state index < -0.39 is 0 Å². The lowest BCUT2D eigenvalue weighted by molar-refractivity contribution is 1.02. The van der Waals surface area contributed by atoms with Crippen LogP contribution in [0.15, 0.2) is 115 Å². The Morgan fingerprint density at radius 1 is 0.487 bits per heavy atom. The van der Waals surface area contributed by atoms with Gasteiger partial charge in [-0.3, -0.25) is 4.57 Å². The zero-order chi connectivity index (χ0) is 25.5. The maximum atomic E-state index is 5.32. The second-order valence-electron chi connectivity index (χ2n) is 9.80. The fourth-order valence-corrected chi connectivity index (χ4v) is 8.30. The molecule has 0 radical (unpaired) electrons. The van der Waals surface area contributed by atoms with Crippen LogP contribution in [0, 0.1) is 0 Å². The number of nitrogens with zero attached hydrogens (tertiary/aromatic N) is 3. The van der Waals surface area contributed by atoms with Crippen LogP contribution in [0.1, 0.15) is 0 Å². The molecule has 0 bridgehead atoms. The molecule has 0 amide bonds. The third-order valence-corrected chi connectivity index (χ3v) is 9.92. The molecule has 182 valence electrons. The number of aromatic nitrogens is 3. The molecule has 0 N–H and O–H groups in total. The van der Waals surface area contributed by atoms with E-state index in [1.165, 1.54) is 41.0 Å². The van der Waals surface area contributed by atoms with Crippen molar-refractivity contribution >= 4 is 85.0 Å². The molecular weight excluding hydrogens is 515 g/mol. The minimum absolute atomic E-state index is 0.708. The van der Waals surface area contributed by atoms with Gasteiger partial charge in [0.1, 0.15) is 4.83 Å². The topological polar surface area (TPSA) is 30.7 Å². The van der Waals surface area contributed by atoms with Crippen LogP contribution in [0.3, 0.4) is 0 Å². The number of thiophene rings is 2. The average Bonchev–Trinajstić information content (AvgIpc) is 3.66. The molecule has 0 saturated carbocycles. The molecule has 0 unspecified atom stereocenters. The second kappa shape index (κ2) is 7.96. The summed E-state index contributed by atoms with van der Waals surface area (Å²) in [5, 5.41) is 7.44. The van der Waals surface area contributed by atoms with E-state index in [1.54, 1.807) is 11.3 Å². The minimum Gasteiger partial charge on any atom is -0.278 e. The number of hydrogen-bond donors (Lipinski definition) is 0. The fourth-order valence-electron chi connectivity index (χ4n) is 5.97. The Morgan fingerprint density at radius 2 is 1.18 bits per heavy atom. The summed E-state index contributed by atoms with van der Waals surface area (Å²) in [4.78, 5) is 11.6. The van der Waals surface area contributed by atoms with E-state index in [9.17, 15) is 0 Å². The van der Waals surface area contributed by atoms with Crippen molar-refractivity contribution in [3.8, 4) is 17.2 Å². The summed E-state index contributed by atoms with van der Waals surface area (Å²) >= 11 is 3.60. The first-order valence-electron chi connectivity index (χ1n) is 12.9. The van der Waals surface area contributed by atoms with Gasteiger partial charge < -0.3 is 0 Å². The molecule has 0 aliphatic carbocycles. The first kappa shape index (κ1) is 21.4. The summed E-state index contributed by atoms with van der Waals surface area (Å²) in [7, 11) is 0. The highest BCUT2D eigenvalue weighted by Gasteiger charge is 2.21. The summed E-state index contributed by atoms with van der Waals surface area (Å²) in [6.07, 6.45) is 0. The highest BCUT2D eigenvalue weighted by atomic mass is 32.1. The molecule has 9 rings (SSSR count). The van der Waals surface area contributed by atoms with Gasteiger partial charge in [-0.2, -0.15) is 0 Å². The van der Waals surface area contributed by atoms with E-state index in [1.807, 2.05) is 11.3 Å². The van der Waals surface area contributed by atoms with E-state index in [0.29, 0.717) is 5.95 Å². The molecule has 0 spiro atoms. The van der Waals surface area contributed by atoms with E-state index in [2.05, 4.69) is 120 Å². The second-order valence-corrected chi connectivity index (χ2v) is 11.9. The zero-order valence-corrected chi connectivity index (χ0v) is 22.3. The normalized spacial score (nSPS) is 12.1. The van der Waals surface area contributed by atoms with Crippen molar-refractivity contribution in [3.63, 3.8) is 0 Å².